The van der Waals surface area contributed by atoms with Gasteiger partial charge in [0.1, 0.15) is 11.3 Å². The molecule has 1 saturated heterocycles. The number of rotatable bonds is 3. The summed E-state index contributed by atoms with van der Waals surface area (Å²) in [6.45, 7) is 3.13. The molecule has 0 saturated carbocycles. The van der Waals surface area contributed by atoms with Crippen LogP contribution in [-0.2, 0) is 10.3 Å². The Morgan fingerprint density at radius 2 is 2.19 bits per heavy atom. The van der Waals surface area contributed by atoms with E-state index in [1.807, 2.05) is 19.1 Å². The van der Waals surface area contributed by atoms with Crippen molar-refractivity contribution in [3.8, 4) is 5.75 Å². The molecule has 0 atom stereocenters. The molecule has 0 aliphatic carbocycles. The topological polar surface area (TPSA) is 56.5 Å². The third-order valence-electron chi connectivity index (χ3n) is 2.99. The zero-order chi connectivity index (χ0) is 11.8. The second kappa shape index (κ2) is 4.22. The minimum atomic E-state index is -0.306. The van der Waals surface area contributed by atoms with Crippen molar-refractivity contribution >= 4 is 11.6 Å². The van der Waals surface area contributed by atoms with Gasteiger partial charge >= 0.3 is 0 Å². The summed E-state index contributed by atoms with van der Waals surface area (Å²) in [6, 6.07) is 3.80. The van der Waals surface area contributed by atoms with Crippen molar-refractivity contribution in [2.75, 3.05) is 20.3 Å². The standard InChI is InChI=1S/C11H15ClN2O2/c1-7-3-10(15-2)9(12)4-8(7)11(14-13)5-16-6-11/h3-4,14H,5-6,13H2,1-2H3. The van der Waals surface area contributed by atoms with Crippen LogP contribution in [0.2, 0.25) is 5.02 Å². The molecule has 2 rings (SSSR count). The molecule has 5 heteroatoms. The normalized spacial score (nSPS) is 18.0. The van der Waals surface area contributed by atoms with Crippen molar-refractivity contribution in [3.63, 3.8) is 0 Å². The highest BCUT2D eigenvalue weighted by molar-refractivity contribution is 6.32. The maximum absolute atomic E-state index is 6.11. The zero-order valence-corrected chi connectivity index (χ0v) is 10.1. The summed E-state index contributed by atoms with van der Waals surface area (Å²) in [5.41, 5.74) is 4.65. The molecule has 0 bridgehead atoms. The Labute approximate surface area is 99.6 Å². The Kier molecular flexibility index (Phi) is 3.08. The lowest BCUT2D eigenvalue weighted by Gasteiger charge is -2.42. The number of aryl methyl sites for hydroxylation is 1. The van der Waals surface area contributed by atoms with E-state index in [9.17, 15) is 0 Å². The summed E-state index contributed by atoms with van der Waals surface area (Å²) >= 11 is 6.11. The van der Waals surface area contributed by atoms with Crippen LogP contribution in [0.4, 0.5) is 0 Å². The van der Waals surface area contributed by atoms with E-state index in [1.165, 1.54) is 0 Å². The number of hydrogen-bond acceptors (Lipinski definition) is 4. The van der Waals surface area contributed by atoms with Gasteiger partial charge in [-0.2, -0.15) is 0 Å². The summed E-state index contributed by atoms with van der Waals surface area (Å²) in [5.74, 6) is 6.26. The zero-order valence-electron chi connectivity index (χ0n) is 9.34. The van der Waals surface area contributed by atoms with Crippen molar-refractivity contribution in [3.05, 3.63) is 28.3 Å². The molecule has 1 aliphatic rings. The van der Waals surface area contributed by atoms with Gasteiger partial charge in [0.15, 0.2) is 0 Å². The number of hydrogen-bond donors (Lipinski definition) is 2. The van der Waals surface area contributed by atoms with Crippen molar-refractivity contribution in [2.45, 2.75) is 12.5 Å². The van der Waals surface area contributed by atoms with E-state index in [4.69, 9.17) is 26.9 Å². The molecule has 3 N–H and O–H groups in total. The summed E-state index contributed by atoms with van der Waals surface area (Å²) in [4.78, 5) is 0. The van der Waals surface area contributed by atoms with Gasteiger partial charge in [0.2, 0.25) is 0 Å². The van der Waals surface area contributed by atoms with Gasteiger partial charge in [-0.05, 0) is 30.2 Å². The number of benzene rings is 1. The second-order valence-electron chi connectivity index (χ2n) is 4.02. The smallest absolute Gasteiger partial charge is 0.137 e. The third kappa shape index (κ3) is 1.68. The van der Waals surface area contributed by atoms with Gasteiger partial charge in [0.25, 0.3) is 0 Å². The average molecular weight is 243 g/mol. The summed E-state index contributed by atoms with van der Waals surface area (Å²) in [6.07, 6.45) is 0. The maximum atomic E-state index is 6.11. The van der Waals surface area contributed by atoms with Crippen LogP contribution in [-0.4, -0.2) is 20.3 Å². The monoisotopic (exact) mass is 242 g/mol. The van der Waals surface area contributed by atoms with E-state index in [0.717, 1.165) is 11.1 Å². The van der Waals surface area contributed by atoms with Gasteiger partial charge in [0.05, 0.1) is 25.3 Å². The fourth-order valence-electron chi connectivity index (χ4n) is 1.95. The first-order chi connectivity index (χ1) is 7.63. The summed E-state index contributed by atoms with van der Waals surface area (Å²) in [7, 11) is 1.60. The molecular weight excluding hydrogens is 228 g/mol. The minimum Gasteiger partial charge on any atom is -0.495 e. The summed E-state index contributed by atoms with van der Waals surface area (Å²) in [5, 5.41) is 0.588. The van der Waals surface area contributed by atoms with Crippen LogP contribution in [0.15, 0.2) is 12.1 Å². The Bertz CT molecular complexity index is 400. The molecule has 16 heavy (non-hydrogen) atoms. The lowest BCUT2D eigenvalue weighted by molar-refractivity contribution is -0.0790. The van der Waals surface area contributed by atoms with E-state index in [1.54, 1.807) is 7.11 Å². The SMILES string of the molecule is COc1cc(C)c(C2(NN)COC2)cc1Cl. The van der Waals surface area contributed by atoms with Gasteiger partial charge in [0, 0.05) is 0 Å². The molecule has 1 aromatic carbocycles. The number of nitrogens with one attached hydrogen (secondary N) is 1. The predicted octanol–water partition coefficient (Wildman–Crippen LogP) is 1.35. The highest BCUT2D eigenvalue weighted by Gasteiger charge is 2.40. The van der Waals surface area contributed by atoms with Crippen LogP contribution in [0.5, 0.6) is 5.75 Å². The molecular formula is C11H15ClN2O2. The Balaban J connectivity index is 2.45. The maximum Gasteiger partial charge on any atom is 0.137 e. The molecule has 0 unspecified atom stereocenters. The number of methoxy groups -OCH3 is 1. The summed E-state index contributed by atoms with van der Waals surface area (Å²) < 4.78 is 10.4. The third-order valence-corrected chi connectivity index (χ3v) is 3.28. The first-order valence-electron chi connectivity index (χ1n) is 5.03. The highest BCUT2D eigenvalue weighted by Crippen LogP contribution is 2.36. The Hall–Kier alpha value is -0.810. The van der Waals surface area contributed by atoms with E-state index in [-0.39, 0.29) is 5.54 Å². The second-order valence-corrected chi connectivity index (χ2v) is 4.43. The number of hydrazine groups is 1. The molecule has 0 aromatic heterocycles. The molecule has 0 amide bonds. The lowest BCUT2D eigenvalue weighted by atomic mass is 9.85. The van der Waals surface area contributed by atoms with Gasteiger partial charge in [-0.25, -0.2) is 5.43 Å². The molecule has 1 heterocycles. The van der Waals surface area contributed by atoms with Crippen LogP contribution < -0.4 is 16.0 Å². The minimum absolute atomic E-state index is 0.306. The van der Waals surface area contributed by atoms with Crippen molar-refractivity contribution in [2.24, 2.45) is 5.84 Å². The van der Waals surface area contributed by atoms with Crippen molar-refractivity contribution in [1.29, 1.82) is 0 Å². The largest absolute Gasteiger partial charge is 0.495 e. The fraction of sp³-hybridized carbons (Fsp3) is 0.455. The predicted molar refractivity (Wildman–Crippen MR) is 62.6 cm³/mol. The van der Waals surface area contributed by atoms with Crippen LogP contribution in [0.25, 0.3) is 0 Å². The van der Waals surface area contributed by atoms with Gasteiger partial charge < -0.3 is 9.47 Å². The van der Waals surface area contributed by atoms with E-state index < -0.39 is 0 Å². The van der Waals surface area contributed by atoms with Crippen LogP contribution in [0.3, 0.4) is 0 Å². The molecule has 0 spiro atoms. The molecule has 1 aliphatic heterocycles. The first-order valence-corrected chi connectivity index (χ1v) is 5.41. The van der Waals surface area contributed by atoms with E-state index in [0.29, 0.717) is 24.0 Å². The van der Waals surface area contributed by atoms with Crippen LogP contribution >= 0.6 is 11.6 Å². The Morgan fingerprint density at radius 1 is 1.50 bits per heavy atom. The quantitative estimate of drug-likeness (QED) is 0.621. The molecule has 1 fully saturated rings. The number of halogens is 1. The van der Waals surface area contributed by atoms with Gasteiger partial charge in [-0.15, -0.1) is 0 Å². The van der Waals surface area contributed by atoms with Crippen LogP contribution in [0.1, 0.15) is 11.1 Å². The van der Waals surface area contributed by atoms with E-state index >= 15 is 0 Å². The fourth-order valence-corrected chi connectivity index (χ4v) is 2.19. The van der Waals surface area contributed by atoms with Crippen molar-refractivity contribution < 1.29 is 9.47 Å². The average Bonchev–Trinajstić information content (AvgIpc) is 2.22. The van der Waals surface area contributed by atoms with Crippen molar-refractivity contribution in [1.82, 2.24) is 5.43 Å². The van der Waals surface area contributed by atoms with Gasteiger partial charge in [-0.1, -0.05) is 11.6 Å². The molecule has 4 nitrogen and oxygen atoms in total. The Morgan fingerprint density at radius 3 is 2.62 bits per heavy atom. The van der Waals surface area contributed by atoms with E-state index in [2.05, 4.69) is 5.43 Å². The number of ether oxygens (including phenoxy) is 2. The highest BCUT2D eigenvalue weighted by atomic mass is 35.5. The van der Waals surface area contributed by atoms with Gasteiger partial charge in [-0.3, -0.25) is 5.84 Å². The molecule has 0 radical (unpaired) electrons. The van der Waals surface area contributed by atoms with Crippen LogP contribution in [0, 0.1) is 6.92 Å². The molecule has 1 aromatic rings. The molecule has 88 valence electrons. The first kappa shape index (κ1) is 11.7. The lowest BCUT2D eigenvalue weighted by Crippen LogP contribution is -2.60. The number of nitrogens with two attached hydrogens (primary N) is 1.